The largest absolute Gasteiger partial charge is 0.443 e. The predicted molar refractivity (Wildman–Crippen MR) is 105 cm³/mol. The van der Waals surface area contributed by atoms with Crippen LogP contribution in [0.3, 0.4) is 0 Å². The third-order valence-electron chi connectivity index (χ3n) is 5.63. The van der Waals surface area contributed by atoms with Crippen LogP contribution in [0.4, 0.5) is 0 Å². The monoisotopic (exact) mass is 375 g/mol. The van der Waals surface area contributed by atoms with E-state index in [1.165, 1.54) is 25.7 Å². The number of oxazole rings is 1. The van der Waals surface area contributed by atoms with Gasteiger partial charge in [-0.3, -0.25) is 4.79 Å². The number of fused-ring (bicyclic) bond motifs is 2. The van der Waals surface area contributed by atoms with Gasteiger partial charge in [0.15, 0.2) is 5.96 Å². The summed E-state index contributed by atoms with van der Waals surface area (Å²) in [6, 6.07) is 0.444. The van der Waals surface area contributed by atoms with Gasteiger partial charge in [-0.05, 0) is 31.1 Å². The molecule has 2 saturated carbocycles. The SMILES string of the molecule is CN(C)C(=O)CN=C(NCc1ncc(C(C)(C)C)o1)NC1CC2CCC1C2. The Morgan fingerprint density at radius 1 is 1.33 bits per heavy atom. The van der Waals surface area contributed by atoms with Gasteiger partial charge < -0.3 is 20.0 Å². The molecule has 0 aromatic carbocycles. The Morgan fingerprint density at radius 3 is 2.67 bits per heavy atom. The summed E-state index contributed by atoms with van der Waals surface area (Å²) in [5.41, 5.74) is -0.0678. The number of aromatic nitrogens is 1. The van der Waals surface area contributed by atoms with Gasteiger partial charge in [-0.2, -0.15) is 0 Å². The Bertz CT molecular complexity index is 689. The van der Waals surface area contributed by atoms with E-state index in [1.54, 1.807) is 25.2 Å². The van der Waals surface area contributed by atoms with E-state index in [2.05, 4.69) is 41.4 Å². The van der Waals surface area contributed by atoms with Gasteiger partial charge in [-0.1, -0.05) is 27.2 Å². The van der Waals surface area contributed by atoms with Crippen LogP contribution in [0.15, 0.2) is 15.6 Å². The van der Waals surface area contributed by atoms with Crippen molar-refractivity contribution in [2.75, 3.05) is 20.6 Å². The standard InChI is InChI=1S/C20H33N5O2/c1-20(2,3)16-10-21-17(27-16)11-22-19(23-12-18(26)25(4)5)24-15-9-13-6-7-14(15)8-13/h10,13-15H,6-9,11-12H2,1-5H3,(H2,22,23,24). The molecule has 3 unspecified atom stereocenters. The fraction of sp³-hybridized carbons (Fsp3) is 0.750. The molecule has 3 rings (SSSR count). The molecule has 2 N–H and O–H groups in total. The fourth-order valence-electron chi connectivity index (χ4n) is 3.94. The van der Waals surface area contributed by atoms with Crippen LogP contribution in [0.5, 0.6) is 0 Å². The minimum absolute atomic E-state index is 0.0183. The first kappa shape index (κ1) is 19.7. The smallest absolute Gasteiger partial charge is 0.243 e. The van der Waals surface area contributed by atoms with E-state index in [9.17, 15) is 4.79 Å². The van der Waals surface area contributed by atoms with Crippen LogP contribution in [0.1, 0.15) is 58.1 Å². The molecule has 150 valence electrons. The molecule has 0 radical (unpaired) electrons. The Hall–Kier alpha value is -2.05. The van der Waals surface area contributed by atoms with Crippen molar-refractivity contribution in [3.05, 3.63) is 17.8 Å². The Balaban J connectivity index is 1.63. The van der Waals surface area contributed by atoms with Crippen molar-refractivity contribution >= 4 is 11.9 Å². The second kappa shape index (κ2) is 7.90. The van der Waals surface area contributed by atoms with Gasteiger partial charge in [0.1, 0.15) is 12.3 Å². The number of rotatable bonds is 5. The highest BCUT2D eigenvalue weighted by Crippen LogP contribution is 2.44. The van der Waals surface area contributed by atoms with Crippen molar-refractivity contribution in [2.24, 2.45) is 16.8 Å². The maximum Gasteiger partial charge on any atom is 0.243 e. The van der Waals surface area contributed by atoms with Crippen molar-refractivity contribution in [2.45, 2.75) is 64.5 Å². The van der Waals surface area contributed by atoms with Gasteiger partial charge in [0.05, 0.1) is 12.7 Å². The van der Waals surface area contributed by atoms with Gasteiger partial charge in [0.25, 0.3) is 0 Å². The maximum atomic E-state index is 11.9. The molecular weight excluding hydrogens is 342 g/mol. The molecule has 2 fully saturated rings. The fourth-order valence-corrected chi connectivity index (χ4v) is 3.94. The molecule has 7 heteroatoms. The number of carbonyl (C=O) groups excluding carboxylic acids is 1. The van der Waals surface area contributed by atoms with Crippen molar-refractivity contribution in [3.63, 3.8) is 0 Å². The van der Waals surface area contributed by atoms with E-state index in [1.807, 2.05) is 0 Å². The topological polar surface area (TPSA) is 82.8 Å². The highest BCUT2D eigenvalue weighted by atomic mass is 16.4. The lowest BCUT2D eigenvalue weighted by Crippen LogP contribution is -2.46. The summed E-state index contributed by atoms with van der Waals surface area (Å²) >= 11 is 0. The third kappa shape index (κ3) is 5.02. The van der Waals surface area contributed by atoms with Crippen LogP contribution in [0, 0.1) is 11.8 Å². The lowest BCUT2D eigenvalue weighted by Gasteiger charge is -2.25. The molecule has 2 bridgehead atoms. The van der Waals surface area contributed by atoms with Crippen molar-refractivity contribution in [1.29, 1.82) is 0 Å². The first-order chi connectivity index (χ1) is 12.7. The van der Waals surface area contributed by atoms with E-state index < -0.39 is 0 Å². The number of nitrogens with zero attached hydrogens (tertiary/aromatic N) is 3. The van der Waals surface area contributed by atoms with Crippen LogP contribution in [-0.2, 0) is 16.8 Å². The van der Waals surface area contributed by atoms with Crippen LogP contribution >= 0.6 is 0 Å². The van der Waals surface area contributed by atoms with Crippen LogP contribution in [0.2, 0.25) is 0 Å². The zero-order valence-electron chi connectivity index (χ0n) is 17.2. The maximum absolute atomic E-state index is 11.9. The molecule has 3 atom stereocenters. The van der Waals surface area contributed by atoms with Gasteiger partial charge in [-0.25, -0.2) is 9.98 Å². The number of carbonyl (C=O) groups is 1. The second-order valence-electron chi connectivity index (χ2n) is 9.10. The number of guanidine groups is 1. The van der Waals surface area contributed by atoms with Crippen molar-refractivity contribution in [1.82, 2.24) is 20.5 Å². The summed E-state index contributed by atoms with van der Waals surface area (Å²) in [7, 11) is 3.49. The van der Waals surface area contributed by atoms with Crippen molar-refractivity contribution < 1.29 is 9.21 Å². The molecule has 27 heavy (non-hydrogen) atoms. The van der Waals surface area contributed by atoms with E-state index in [0.717, 1.165) is 17.6 Å². The lowest BCUT2D eigenvalue weighted by atomic mass is 9.94. The zero-order valence-corrected chi connectivity index (χ0v) is 17.2. The molecule has 1 aromatic rings. The molecule has 1 heterocycles. The molecule has 0 spiro atoms. The zero-order chi connectivity index (χ0) is 19.6. The number of amides is 1. The third-order valence-corrected chi connectivity index (χ3v) is 5.63. The van der Waals surface area contributed by atoms with Gasteiger partial charge in [0.2, 0.25) is 11.8 Å². The Kier molecular flexibility index (Phi) is 5.77. The van der Waals surface area contributed by atoms with E-state index in [4.69, 9.17) is 4.42 Å². The highest BCUT2D eigenvalue weighted by Gasteiger charge is 2.39. The Labute approximate surface area is 162 Å². The summed E-state index contributed by atoms with van der Waals surface area (Å²) in [4.78, 5) is 22.3. The number of aliphatic imine (C=N–C) groups is 1. The highest BCUT2D eigenvalue weighted by molar-refractivity contribution is 5.84. The summed E-state index contributed by atoms with van der Waals surface area (Å²) < 4.78 is 5.85. The summed E-state index contributed by atoms with van der Waals surface area (Å²) in [5, 5.41) is 6.84. The molecule has 1 amide bonds. The van der Waals surface area contributed by atoms with Crippen LogP contribution < -0.4 is 10.6 Å². The Morgan fingerprint density at radius 2 is 2.11 bits per heavy atom. The minimum atomic E-state index is -0.0678. The lowest BCUT2D eigenvalue weighted by molar-refractivity contribution is -0.127. The quantitative estimate of drug-likeness (QED) is 0.609. The first-order valence-electron chi connectivity index (χ1n) is 9.92. The summed E-state index contributed by atoms with van der Waals surface area (Å²) in [6.07, 6.45) is 6.94. The van der Waals surface area contributed by atoms with E-state index in [-0.39, 0.29) is 17.9 Å². The first-order valence-corrected chi connectivity index (χ1v) is 9.92. The molecular formula is C20H33N5O2. The molecule has 2 aliphatic rings. The molecule has 0 aliphatic heterocycles. The summed E-state index contributed by atoms with van der Waals surface area (Å²) in [5.74, 6) is 3.70. The van der Waals surface area contributed by atoms with Crippen molar-refractivity contribution in [3.8, 4) is 0 Å². The average molecular weight is 376 g/mol. The molecule has 0 saturated heterocycles. The summed E-state index contributed by atoms with van der Waals surface area (Å²) in [6.45, 7) is 6.87. The number of hydrogen-bond donors (Lipinski definition) is 2. The van der Waals surface area contributed by atoms with Gasteiger partial charge in [-0.15, -0.1) is 0 Å². The van der Waals surface area contributed by atoms with Gasteiger partial charge >= 0.3 is 0 Å². The number of hydrogen-bond acceptors (Lipinski definition) is 4. The second-order valence-corrected chi connectivity index (χ2v) is 9.10. The van der Waals surface area contributed by atoms with Crippen LogP contribution in [0.25, 0.3) is 0 Å². The van der Waals surface area contributed by atoms with Gasteiger partial charge in [0, 0.05) is 25.6 Å². The number of likely N-dealkylation sites (N-methyl/N-ethyl adjacent to an activating group) is 1. The van der Waals surface area contributed by atoms with Crippen LogP contribution in [-0.4, -0.2) is 48.4 Å². The predicted octanol–water partition coefficient (Wildman–Crippen LogP) is 2.28. The number of nitrogens with one attached hydrogen (secondary N) is 2. The van der Waals surface area contributed by atoms with E-state index in [0.29, 0.717) is 24.4 Å². The minimum Gasteiger partial charge on any atom is -0.443 e. The van der Waals surface area contributed by atoms with E-state index >= 15 is 0 Å². The molecule has 2 aliphatic carbocycles. The normalized spacial score (nSPS) is 24.9. The molecule has 7 nitrogen and oxygen atoms in total. The average Bonchev–Trinajstić information content (AvgIpc) is 3.32. The molecule has 1 aromatic heterocycles.